The monoisotopic (exact) mass is 269 g/mol. The third-order valence-electron chi connectivity index (χ3n) is 4.32. The van der Waals surface area contributed by atoms with Crippen LogP contribution in [0.4, 0.5) is 0 Å². The molecule has 106 valence electrons. The number of aromatic nitrogens is 2. The van der Waals surface area contributed by atoms with Gasteiger partial charge in [0.05, 0.1) is 11.4 Å². The van der Waals surface area contributed by atoms with Crippen LogP contribution in [0.5, 0.6) is 0 Å². The number of hydrogen-bond donors (Lipinski definition) is 1. The van der Waals surface area contributed by atoms with Gasteiger partial charge in [-0.2, -0.15) is 5.10 Å². The zero-order valence-corrected chi connectivity index (χ0v) is 12.1. The van der Waals surface area contributed by atoms with Crippen molar-refractivity contribution in [3.63, 3.8) is 0 Å². The Bertz CT molecular complexity index is 532. The maximum atomic E-state index is 4.64. The molecule has 0 bridgehead atoms. The van der Waals surface area contributed by atoms with Gasteiger partial charge in [0.1, 0.15) is 0 Å². The van der Waals surface area contributed by atoms with E-state index >= 15 is 0 Å². The highest BCUT2D eigenvalue weighted by molar-refractivity contribution is 5.30. The lowest BCUT2D eigenvalue weighted by Crippen LogP contribution is -2.36. The zero-order valence-electron chi connectivity index (χ0n) is 12.1. The number of benzene rings is 1. The van der Waals surface area contributed by atoms with Gasteiger partial charge < -0.3 is 5.32 Å². The predicted molar refractivity (Wildman–Crippen MR) is 81.8 cm³/mol. The topological polar surface area (TPSA) is 29.9 Å². The van der Waals surface area contributed by atoms with E-state index in [1.54, 1.807) is 0 Å². The van der Waals surface area contributed by atoms with E-state index in [4.69, 9.17) is 0 Å². The molecule has 2 atom stereocenters. The SMILES string of the molecule is CC1CCCCC1NCc1ccn(-c2ccccc2)n1. The normalized spacial score (nSPS) is 22.9. The summed E-state index contributed by atoms with van der Waals surface area (Å²) in [5.41, 5.74) is 2.23. The number of rotatable bonds is 4. The Balaban J connectivity index is 1.60. The van der Waals surface area contributed by atoms with Gasteiger partial charge in [0.2, 0.25) is 0 Å². The summed E-state index contributed by atoms with van der Waals surface area (Å²) in [6, 6.07) is 13.0. The van der Waals surface area contributed by atoms with Crippen molar-refractivity contribution in [1.29, 1.82) is 0 Å². The molecule has 0 radical (unpaired) electrons. The molecule has 3 heteroatoms. The van der Waals surface area contributed by atoms with Crippen LogP contribution in [0.3, 0.4) is 0 Å². The highest BCUT2D eigenvalue weighted by atomic mass is 15.3. The van der Waals surface area contributed by atoms with Gasteiger partial charge in [-0.1, -0.05) is 38.0 Å². The van der Waals surface area contributed by atoms with Gasteiger partial charge in [-0.05, 0) is 37.0 Å². The van der Waals surface area contributed by atoms with Crippen LogP contribution in [0.25, 0.3) is 5.69 Å². The second-order valence-corrected chi connectivity index (χ2v) is 5.84. The van der Waals surface area contributed by atoms with Gasteiger partial charge in [0, 0.05) is 18.8 Å². The summed E-state index contributed by atoms with van der Waals surface area (Å²) in [5.74, 6) is 0.792. The van der Waals surface area contributed by atoms with Crippen molar-refractivity contribution in [1.82, 2.24) is 15.1 Å². The van der Waals surface area contributed by atoms with Gasteiger partial charge in [-0.25, -0.2) is 4.68 Å². The van der Waals surface area contributed by atoms with E-state index in [0.29, 0.717) is 6.04 Å². The molecule has 3 nitrogen and oxygen atoms in total. The Hall–Kier alpha value is -1.61. The summed E-state index contributed by atoms with van der Waals surface area (Å²) in [7, 11) is 0. The van der Waals surface area contributed by atoms with Crippen LogP contribution in [0.15, 0.2) is 42.6 Å². The quantitative estimate of drug-likeness (QED) is 0.920. The fourth-order valence-electron chi connectivity index (χ4n) is 3.04. The molecule has 1 heterocycles. The summed E-state index contributed by atoms with van der Waals surface area (Å²) in [6.07, 6.45) is 7.45. The zero-order chi connectivity index (χ0) is 13.8. The molecule has 3 rings (SSSR count). The molecule has 1 aromatic heterocycles. The third-order valence-corrected chi connectivity index (χ3v) is 4.32. The van der Waals surface area contributed by atoms with Gasteiger partial charge in [-0.15, -0.1) is 0 Å². The summed E-state index contributed by atoms with van der Waals surface area (Å²) in [5, 5.41) is 8.32. The molecule has 2 unspecified atom stereocenters. The molecular formula is C17H23N3. The van der Waals surface area contributed by atoms with Crippen LogP contribution in [0.1, 0.15) is 38.3 Å². The molecule has 1 saturated carbocycles. The molecule has 1 aliphatic rings. The van der Waals surface area contributed by atoms with Crippen molar-refractivity contribution < 1.29 is 0 Å². The second kappa shape index (κ2) is 6.23. The summed E-state index contributed by atoms with van der Waals surface area (Å²) in [4.78, 5) is 0. The van der Waals surface area contributed by atoms with E-state index in [1.807, 2.05) is 29.1 Å². The summed E-state index contributed by atoms with van der Waals surface area (Å²) in [6.45, 7) is 3.23. The highest BCUT2D eigenvalue weighted by Crippen LogP contribution is 2.23. The van der Waals surface area contributed by atoms with Crippen LogP contribution in [-0.4, -0.2) is 15.8 Å². The molecule has 2 aromatic rings. The van der Waals surface area contributed by atoms with Crippen molar-refractivity contribution in [2.45, 2.75) is 45.2 Å². The summed E-state index contributed by atoms with van der Waals surface area (Å²) >= 11 is 0. The lowest BCUT2D eigenvalue weighted by molar-refractivity contribution is 0.278. The van der Waals surface area contributed by atoms with Gasteiger partial charge >= 0.3 is 0 Å². The van der Waals surface area contributed by atoms with E-state index in [0.717, 1.165) is 23.8 Å². The number of nitrogens with one attached hydrogen (secondary N) is 1. The molecular weight excluding hydrogens is 246 g/mol. The Labute approximate surface area is 121 Å². The first-order valence-electron chi connectivity index (χ1n) is 7.66. The maximum absolute atomic E-state index is 4.64. The van der Waals surface area contributed by atoms with E-state index in [9.17, 15) is 0 Å². The minimum absolute atomic E-state index is 0.658. The lowest BCUT2D eigenvalue weighted by Gasteiger charge is -2.29. The molecule has 0 aliphatic heterocycles. The van der Waals surface area contributed by atoms with Crippen LogP contribution >= 0.6 is 0 Å². The smallest absolute Gasteiger partial charge is 0.0766 e. The van der Waals surface area contributed by atoms with Crippen molar-refractivity contribution >= 4 is 0 Å². The molecule has 1 N–H and O–H groups in total. The Morgan fingerprint density at radius 2 is 1.95 bits per heavy atom. The first-order chi connectivity index (χ1) is 9.83. The van der Waals surface area contributed by atoms with Crippen LogP contribution < -0.4 is 5.32 Å². The third kappa shape index (κ3) is 3.10. The molecule has 1 aromatic carbocycles. The highest BCUT2D eigenvalue weighted by Gasteiger charge is 2.20. The number of para-hydroxylation sites is 1. The van der Waals surface area contributed by atoms with Crippen molar-refractivity contribution in [3.8, 4) is 5.69 Å². The Morgan fingerprint density at radius 1 is 1.15 bits per heavy atom. The molecule has 0 spiro atoms. The fourth-order valence-corrected chi connectivity index (χ4v) is 3.04. The van der Waals surface area contributed by atoms with E-state index in [1.165, 1.54) is 25.7 Å². The van der Waals surface area contributed by atoms with Crippen LogP contribution in [0.2, 0.25) is 0 Å². The lowest BCUT2D eigenvalue weighted by atomic mass is 9.86. The number of nitrogens with zero attached hydrogens (tertiary/aromatic N) is 2. The van der Waals surface area contributed by atoms with Crippen LogP contribution in [-0.2, 0) is 6.54 Å². The Morgan fingerprint density at radius 3 is 2.75 bits per heavy atom. The predicted octanol–water partition coefficient (Wildman–Crippen LogP) is 3.54. The Kier molecular flexibility index (Phi) is 4.16. The van der Waals surface area contributed by atoms with Crippen molar-refractivity contribution in [3.05, 3.63) is 48.3 Å². The van der Waals surface area contributed by atoms with Crippen LogP contribution in [0, 0.1) is 5.92 Å². The number of hydrogen-bond acceptors (Lipinski definition) is 2. The summed E-state index contributed by atoms with van der Waals surface area (Å²) < 4.78 is 1.95. The van der Waals surface area contributed by atoms with Gasteiger partial charge in [0.15, 0.2) is 0 Å². The average molecular weight is 269 g/mol. The van der Waals surface area contributed by atoms with E-state index in [-0.39, 0.29) is 0 Å². The first kappa shape index (κ1) is 13.4. The minimum atomic E-state index is 0.658. The van der Waals surface area contributed by atoms with E-state index < -0.39 is 0 Å². The molecule has 20 heavy (non-hydrogen) atoms. The fraction of sp³-hybridized carbons (Fsp3) is 0.471. The van der Waals surface area contributed by atoms with E-state index in [2.05, 4.69) is 35.5 Å². The average Bonchev–Trinajstić information content (AvgIpc) is 2.96. The second-order valence-electron chi connectivity index (χ2n) is 5.84. The standard InChI is InChI=1S/C17H23N3/c1-14-7-5-6-10-17(14)18-13-15-11-12-20(19-15)16-8-3-2-4-9-16/h2-4,8-9,11-12,14,17-18H,5-7,10,13H2,1H3. The van der Waals surface area contributed by atoms with Gasteiger partial charge in [0.25, 0.3) is 0 Å². The molecule has 1 aliphatic carbocycles. The molecule has 1 fully saturated rings. The van der Waals surface area contributed by atoms with Crippen molar-refractivity contribution in [2.24, 2.45) is 5.92 Å². The molecule has 0 amide bonds. The van der Waals surface area contributed by atoms with Crippen molar-refractivity contribution in [2.75, 3.05) is 0 Å². The largest absolute Gasteiger partial charge is 0.308 e. The minimum Gasteiger partial charge on any atom is -0.308 e. The van der Waals surface area contributed by atoms with Gasteiger partial charge in [-0.3, -0.25) is 0 Å². The maximum Gasteiger partial charge on any atom is 0.0766 e. The first-order valence-corrected chi connectivity index (χ1v) is 7.66. The molecule has 0 saturated heterocycles.